The summed E-state index contributed by atoms with van der Waals surface area (Å²) in [6.07, 6.45) is 9.80. The van der Waals surface area contributed by atoms with Crippen LogP contribution in [0, 0.1) is 10.8 Å². The Labute approximate surface area is 166 Å². The number of nitrogens with one attached hydrogen (secondary N) is 2. The summed E-state index contributed by atoms with van der Waals surface area (Å²) in [5, 5.41) is 10.8. The lowest BCUT2D eigenvalue weighted by Crippen LogP contribution is -2.55. The molecule has 1 atom stereocenters. The number of likely N-dealkylation sites (tertiary alicyclic amines) is 1. The molecule has 3 heterocycles. The van der Waals surface area contributed by atoms with Crippen LogP contribution in [0.3, 0.4) is 0 Å². The van der Waals surface area contributed by atoms with E-state index in [1.807, 2.05) is 36.5 Å². The van der Waals surface area contributed by atoms with Crippen molar-refractivity contribution < 1.29 is 4.79 Å². The molecule has 0 bridgehead atoms. The molecule has 4 rings (SSSR count). The van der Waals surface area contributed by atoms with Crippen LogP contribution in [0.25, 0.3) is 5.57 Å². The lowest BCUT2D eigenvalue weighted by Gasteiger charge is -2.47. The molecule has 1 aliphatic carbocycles. The Balaban J connectivity index is 1.38. The number of amides is 1. The Kier molecular flexibility index (Phi) is 5.35. The molecule has 1 saturated carbocycles. The summed E-state index contributed by atoms with van der Waals surface area (Å²) in [5.74, 6) is 0.968. The number of hydrogen-bond acceptors (Lipinski definition) is 6. The molecule has 1 aromatic rings. The van der Waals surface area contributed by atoms with E-state index in [0.717, 1.165) is 62.6 Å². The molecule has 7 nitrogen and oxygen atoms in total. The number of hydrogen-bond donors (Lipinski definition) is 2. The zero-order chi connectivity index (χ0) is 19.6. The SMILES string of the molecule is CN/C=C(\C=N)c1cccnc1N1CCN(C2CCC3(C2)CN(C=O)C3)CC1. The number of anilines is 1. The summed E-state index contributed by atoms with van der Waals surface area (Å²) in [5.41, 5.74) is 2.24. The van der Waals surface area contributed by atoms with Crippen molar-refractivity contribution in [1.82, 2.24) is 20.1 Å². The van der Waals surface area contributed by atoms with Crippen LogP contribution in [0.4, 0.5) is 5.82 Å². The van der Waals surface area contributed by atoms with E-state index in [4.69, 9.17) is 5.41 Å². The number of nitrogens with zero attached hydrogens (tertiary/aromatic N) is 4. The van der Waals surface area contributed by atoms with Crippen LogP contribution >= 0.6 is 0 Å². The Morgan fingerprint density at radius 3 is 2.79 bits per heavy atom. The van der Waals surface area contributed by atoms with Crippen LogP contribution in [-0.2, 0) is 4.79 Å². The molecule has 2 N–H and O–H groups in total. The molecule has 0 aromatic carbocycles. The number of piperazine rings is 1. The number of allylic oxidation sites excluding steroid dienone is 1. The Morgan fingerprint density at radius 1 is 1.32 bits per heavy atom. The van der Waals surface area contributed by atoms with Crippen LogP contribution in [0.2, 0.25) is 0 Å². The minimum atomic E-state index is 0.397. The van der Waals surface area contributed by atoms with E-state index in [1.54, 1.807) is 0 Å². The van der Waals surface area contributed by atoms with Gasteiger partial charge in [0.2, 0.25) is 6.41 Å². The third-order valence-corrected chi connectivity index (χ3v) is 6.59. The predicted octanol–water partition coefficient (Wildman–Crippen LogP) is 1.42. The molecule has 0 radical (unpaired) electrons. The van der Waals surface area contributed by atoms with Gasteiger partial charge in [-0.15, -0.1) is 0 Å². The highest BCUT2D eigenvalue weighted by molar-refractivity contribution is 6.10. The van der Waals surface area contributed by atoms with Gasteiger partial charge < -0.3 is 20.5 Å². The number of rotatable bonds is 6. The molecule has 1 amide bonds. The number of pyridine rings is 1. The zero-order valence-electron chi connectivity index (χ0n) is 16.6. The summed E-state index contributed by atoms with van der Waals surface area (Å²) in [7, 11) is 1.85. The summed E-state index contributed by atoms with van der Waals surface area (Å²) < 4.78 is 0. The van der Waals surface area contributed by atoms with Crippen molar-refractivity contribution in [2.24, 2.45) is 5.41 Å². The first kappa shape index (κ1) is 18.9. The summed E-state index contributed by atoms with van der Waals surface area (Å²) in [6.45, 7) is 5.91. The van der Waals surface area contributed by atoms with Crippen molar-refractivity contribution in [3.05, 3.63) is 30.1 Å². The maximum absolute atomic E-state index is 10.9. The summed E-state index contributed by atoms with van der Waals surface area (Å²) in [6, 6.07) is 4.63. The van der Waals surface area contributed by atoms with Gasteiger partial charge in [-0.25, -0.2) is 4.98 Å². The number of carbonyl (C=O) groups excluding carboxylic acids is 1. The highest BCUT2D eigenvalue weighted by atomic mass is 16.1. The number of carbonyl (C=O) groups is 1. The fourth-order valence-corrected chi connectivity index (χ4v) is 5.19. The molecule has 1 aromatic heterocycles. The molecule has 150 valence electrons. The van der Waals surface area contributed by atoms with Gasteiger partial charge in [0.05, 0.1) is 0 Å². The van der Waals surface area contributed by atoms with Crippen molar-refractivity contribution in [3.8, 4) is 0 Å². The minimum absolute atomic E-state index is 0.397. The molecule has 7 heteroatoms. The van der Waals surface area contributed by atoms with E-state index in [2.05, 4.69) is 20.1 Å². The molecule has 1 spiro atoms. The zero-order valence-corrected chi connectivity index (χ0v) is 16.6. The van der Waals surface area contributed by atoms with Gasteiger partial charge in [-0.1, -0.05) is 0 Å². The third-order valence-electron chi connectivity index (χ3n) is 6.59. The molecule has 3 fully saturated rings. The van der Waals surface area contributed by atoms with E-state index >= 15 is 0 Å². The molecular formula is C21H30N6O. The van der Waals surface area contributed by atoms with E-state index < -0.39 is 0 Å². The van der Waals surface area contributed by atoms with Crippen molar-refractivity contribution >= 4 is 24.0 Å². The first-order valence-electron chi connectivity index (χ1n) is 10.2. The molecule has 28 heavy (non-hydrogen) atoms. The van der Waals surface area contributed by atoms with Gasteiger partial charge in [0, 0.05) is 87.5 Å². The van der Waals surface area contributed by atoms with E-state index in [-0.39, 0.29) is 0 Å². The van der Waals surface area contributed by atoms with Crippen molar-refractivity contribution in [2.75, 3.05) is 51.2 Å². The normalized spacial score (nSPS) is 24.9. The van der Waals surface area contributed by atoms with Crippen LogP contribution in [0.5, 0.6) is 0 Å². The van der Waals surface area contributed by atoms with Crippen LogP contribution < -0.4 is 10.2 Å². The van der Waals surface area contributed by atoms with Crippen molar-refractivity contribution in [3.63, 3.8) is 0 Å². The van der Waals surface area contributed by atoms with Crippen molar-refractivity contribution in [1.29, 1.82) is 5.41 Å². The number of aromatic nitrogens is 1. The monoisotopic (exact) mass is 382 g/mol. The van der Waals surface area contributed by atoms with Gasteiger partial charge >= 0.3 is 0 Å². The molecule has 1 unspecified atom stereocenters. The Hall–Kier alpha value is -2.41. The topological polar surface area (TPSA) is 75.6 Å². The second-order valence-corrected chi connectivity index (χ2v) is 8.34. The second kappa shape index (κ2) is 7.91. The average molecular weight is 383 g/mol. The van der Waals surface area contributed by atoms with Gasteiger partial charge in [-0.05, 0) is 31.4 Å². The lowest BCUT2D eigenvalue weighted by atomic mass is 9.78. The molecular weight excluding hydrogens is 352 g/mol. The van der Waals surface area contributed by atoms with Gasteiger partial charge in [0.15, 0.2) is 0 Å². The van der Waals surface area contributed by atoms with E-state index in [9.17, 15) is 4.79 Å². The second-order valence-electron chi connectivity index (χ2n) is 8.34. The fourth-order valence-electron chi connectivity index (χ4n) is 5.19. The van der Waals surface area contributed by atoms with Crippen LogP contribution in [0.15, 0.2) is 24.5 Å². The Morgan fingerprint density at radius 2 is 2.11 bits per heavy atom. The van der Waals surface area contributed by atoms with Crippen LogP contribution in [-0.4, -0.2) is 79.8 Å². The highest BCUT2D eigenvalue weighted by Crippen LogP contribution is 2.46. The van der Waals surface area contributed by atoms with E-state index in [0.29, 0.717) is 11.5 Å². The molecule has 2 aliphatic heterocycles. The molecule has 3 aliphatic rings. The lowest BCUT2D eigenvalue weighted by molar-refractivity contribution is -0.129. The maximum atomic E-state index is 10.9. The van der Waals surface area contributed by atoms with Gasteiger partial charge in [0.1, 0.15) is 5.82 Å². The predicted molar refractivity (Wildman–Crippen MR) is 112 cm³/mol. The summed E-state index contributed by atoms with van der Waals surface area (Å²) >= 11 is 0. The molecule has 2 saturated heterocycles. The third kappa shape index (κ3) is 3.51. The average Bonchev–Trinajstić information content (AvgIpc) is 3.17. The largest absolute Gasteiger partial charge is 0.393 e. The minimum Gasteiger partial charge on any atom is -0.393 e. The standard InChI is InChI=1S/C21H30N6O/c1-23-13-17(12-22)19-3-2-6-24-20(19)27-9-7-26(8-10-27)18-4-5-21(11-18)14-25(15-21)16-28/h2-3,6,12-13,16,18,22-23H,4-5,7-11,14-15H2,1H3/b17-13+,22-12?. The first-order chi connectivity index (χ1) is 13.7. The van der Waals surface area contributed by atoms with Crippen molar-refractivity contribution in [2.45, 2.75) is 25.3 Å². The quantitative estimate of drug-likeness (QED) is 0.575. The van der Waals surface area contributed by atoms with Crippen LogP contribution in [0.1, 0.15) is 24.8 Å². The van der Waals surface area contributed by atoms with E-state index in [1.165, 1.54) is 25.5 Å². The van der Waals surface area contributed by atoms with Gasteiger partial charge in [-0.3, -0.25) is 9.69 Å². The summed E-state index contributed by atoms with van der Waals surface area (Å²) in [4.78, 5) is 22.4. The first-order valence-corrected chi connectivity index (χ1v) is 10.2. The van der Waals surface area contributed by atoms with Gasteiger partial charge in [-0.2, -0.15) is 0 Å². The smallest absolute Gasteiger partial charge is 0.209 e. The maximum Gasteiger partial charge on any atom is 0.209 e. The highest BCUT2D eigenvalue weighted by Gasteiger charge is 2.49. The van der Waals surface area contributed by atoms with Gasteiger partial charge in [0.25, 0.3) is 0 Å². The Bertz CT molecular complexity index is 749. The fraction of sp³-hybridized carbons (Fsp3) is 0.571.